The number of methoxy groups -OCH3 is 1. The van der Waals surface area contributed by atoms with E-state index >= 15 is 0 Å². The molecule has 1 saturated heterocycles. The van der Waals surface area contributed by atoms with Gasteiger partial charge in [-0.3, -0.25) is 0 Å². The number of nitrogens with one attached hydrogen (secondary N) is 1. The Labute approximate surface area is 96.8 Å². The van der Waals surface area contributed by atoms with Gasteiger partial charge in [-0.15, -0.1) is 0 Å². The Hall–Kier alpha value is -1.22. The van der Waals surface area contributed by atoms with Gasteiger partial charge in [0.15, 0.2) is 0 Å². The summed E-state index contributed by atoms with van der Waals surface area (Å²) in [6, 6.07) is 8.55. The van der Waals surface area contributed by atoms with Crippen LogP contribution in [0.2, 0.25) is 0 Å². The van der Waals surface area contributed by atoms with E-state index in [2.05, 4.69) is 11.4 Å². The van der Waals surface area contributed by atoms with Crippen LogP contribution in [0.1, 0.15) is 19.3 Å². The maximum absolute atomic E-state index is 5.45. The number of rotatable bonds is 3. The molecule has 0 aliphatic carbocycles. The first kappa shape index (κ1) is 11.3. The average Bonchev–Trinajstić information content (AvgIpc) is 2.58. The first-order valence-electron chi connectivity index (χ1n) is 5.87. The Morgan fingerprint density at radius 1 is 1.25 bits per heavy atom. The molecule has 3 nitrogen and oxygen atoms in total. The van der Waals surface area contributed by atoms with Crippen molar-refractivity contribution in [1.29, 1.82) is 0 Å². The second-order valence-electron chi connectivity index (χ2n) is 4.08. The zero-order valence-electron chi connectivity index (χ0n) is 9.74. The Kier molecular flexibility index (Phi) is 4.05. The van der Waals surface area contributed by atoms with Crippen LogP contribution in [-0.4, -0.2) is 26.4 Å². The van der Waals surface area contributed by atoms with E-state index in [4.69, 9.17) is 9.47 Å². The summed E-state index contributed by atoms with van der Waals surface area (Å²) in [5.74, 6) is 0.910. The largest absolute Gasteiger partial charge is 0.495 e. The van der Waals surface area contributed by atoms with Gasteiger partial charge in [0.1, 0.15) is 5.75 Å². The van der Waals surface area contributed by atoms with Crippen LogP contribution in [0.15, 0.2) is 24.3 Å². The molecule has 1 fully saturated rings. The molecule has 1 aliphatic heterocycles. The van der Waals surface area contributed by atoms with Gasteiger partial charge in [0.25, 0.3) is 0 Å². The molecule has 0 amide bonds. The molecule has 88 valence electrons. The van der Waals surface area contributed by atoms with Crippen LogP contribution in [0.4, 0.5) is 5.69 Å². The maximum Gasteiger partial charge on any atom is 0.141 e. The molecule has 1 aliphatic rings. The summed E-state index contributed by atoms with van der Waals surface area (Å²) >= 11 is 0. The van der Waals surface area contributed by atoms with Crippen molar-refractivity contribution in [1.82, 2.24) is 0 Å². The lowest BCUT2D eigenvalue weighted by atomic mass is 10.1. The minimum absolute atomic E-state index is 0.499. The van der Waals surface area contributed by atoms with Crippen LogP contribution in [0, 0.1) is 0 Å². The topological polar surface area (TPSA) is 30.5 Å². The third kappa shape index (κ3) is 2.89. The van der Waals surface area contributed by atoms with E-state index in [-0.39, 0.29) is 0 Å². The van der Waals surface area contributed by atoms with Gasteiger partial charge in [-0.25, -0.2) is 0 Å². The normalized spacial score (nSPS) is 21.2. The molecule has 1 atom stereocenters. The maximum atomic E-state index is 5.45. The molecule has 0 radical (unpaired) electrons. The zero-order valence-corrected chi connectivity index (χ0v) is 9.74. The number of para-hydroxylation sites is 2. The van der Waals surface area contributed by atoms with Crippen molar-refractivity contribution in [2.75, 3.05) is 25.6 Å². The van der Waals surface area contributed by atoms with Crippen LogP contribution < -0.4 is 10.1 Å². The van der Waals surface area contributed by atoms with E-state index in [1.165, 1.54) is 0 Å². The SMILES string of the molecule is COc1ccccc1NC1CCCOCC1. The van der Waals surface area contributed by atoms with Gasteiger partial charge in [0.2, 0.25) is 0 Å². The number of hydrogen-bond acceptors (Lipinski definition) is 3. The quantitative estimate of drug-likeness (QED) is 0.851. The molecule has 1 aromatic rings. The first-order chi connectivity index (χ1) is 7.90. The molecule has 0 spiro atoms. The van der Waals surface area contributed by atoms with E-state index in [1.807, 2.05) is 18.2 Å². The fourth-order valence-electron chi connectivity index (χ4n) is 2.03. The summed E-state index contributed by atoms with van der Waals surface area (Å²) in [7, 11) is 1.71. The monoisotopic (exact) mass is 221 g/mol. The Balaban J connectivity index is 2.01. The highest BCUT2D eigenvalue weighted by molar-refractivity contribution is 5.56. The fraction of sp³-hybridized carbons (Fsp3) is 0.538. The van der Waals surface area contributed by atoms with Crippen molar-refractivity contribution >= 4 is 5.69 Å². The van der Waals surface area contributed by atoms with Crippen LogP contribution in [0.5, 0.6) is 5.75 Å². The Morgan fingerprint density at radius 3 is 3.00 bits per heavy atom. The van der Waals surface area contributed by atoms with E-state index in [1.54, 1.807) is 7.11 Å². The summed E-state index contributed by atoms with van der Waals surface area (Å²) in [4.78, 5) is 0. The molecule has 2 rings (SSSR count). The summed E-state index contributed by atoms with van der Waals surface area (Å²) in [6.07, 6.45) is 3.36. The van der Waals surface area contributed by atoms with Gasteiger partial charge in [-0.2, -0.15) is 0 Å². The van der Waals surface area contributed by atoms with Crippen molar-refractivity contribution in [2.45, 2.75) is 25.3 Å². The van der Waals surface area contributed by atoms with Gasteiger partial charge >= 0.3 is 0 Å². The van der Waals surface area contributed by atoms with E-state index < -0.39 is 0 Å². The molecule has 1 N–H and O–H groups in total. The predicted octanol–water partition coefficient (Wildman–Crippen LogP) is 2.68. The molecule has 1 unspecified atom stereocenters. The minimum atomic E-state index is 0.499. The minimum Gasteiger partial charge on any atom is -0.495 e. The molecular weight excluding hydrogens is 202 g/mol. The molecular formula is C13H19NO2. The summed E-state index contributed by atoms with van der Waals surface area (Å²) in [5, 5.41) is 3.54. The lowest BCUT2D eigenvalue weighted by Gasteiger charge is -2.18. The van der Waals surface area contributed by atoms with Crippen molar-refractivity contribution in [3.8, 4) is 5.75 Å². The van der Waals surface area contributed by atoms with Crippen molar-refractivity contribution in [2.24, 2.45) is 0 Å². The third-order valence-electron chi connectivity index (χ3n) is 2.92. The fourth-order valence-corrected chi connectivity index (χ4v) is 2.03. The first-order valence-corrected chi connectivity index (χ1v) is 5.87. The second-order valence-corrected chi connectivity index (χ2v) is 4.08. The number of benzene rings is 1. The highest BCUT2D eigenvalue weighted by Crippen LogP contribution is 2.25. The second kappa shape index (κ2) is 5.75. The lowest BCUT2D eigenvalue weighted by molar-refractivity contribution is 0.144. The van der Waals surface area contributed by atoms with Crippen molar-refractivity contribution < 1.29 is 9.47 Å². The van der Waals surface area contributed by atoms with Crippen LogP contribution >= 0.6 is 0 Å². The van der Waals surface area contributed by atoms with Gasteiger partial charge in [-0.05, 0) is 31.4 Å². The van der Waals surface area contributed by atoms with Crippen molar-refractivity contribution in [3.63, 3.8) is 0 Å². The Morgan fingerprint density at radius 2 is 2.12 bits per heavy atom. The van der Waals surface area contributed by atoms with Gasteiger partial charge in [0, 0.05) is 19.3 Å². The molecule has 0 saturated carbocycles. The summed E-state index contributed by atoms with van der Waals surface area (Å²) in [6.45, 7) is 1.75. The molecule has 0 bridgehead atoms. The summed E-state index contributed by atoms with van der Waals surface area (Å²) in [5.41, 5.74) is 1.08. The van der Waals surface area contributed by atoms with E-state index in [9.17, 15) is 0 Å². The highest BCUT2D eigenvalue weighted by Gasteiger charge is 2.13. The lowest BCUT2D eigenvalue weighted by Crippen LogP contribution is -2.19. The Bertz CT molecular complexity index is 319. The van der Waals surface area contributed by atoms with Crippen LogP contribution in [-0.2, 0) is 4.74 Å². The molecule has 16 heavy (non-hydrogen) atoms. The van der Waals surface area contributed by atoms with E-state index in [0.29, 0.717) is 6.04 Å². The van der Waals surface area contributed by atoms with E-state index in [0.717, 1.165) is 43.9 Å². The number of ether oxygens (including phenoxy) is 2. The van der Waals surface area contributed by atoms with Crippen molar-refractivity contribution in [3.05, 3.63) is 24.3 Å². The smallest absolute Gasteiger partial charge is 0.141 e. The van der Waals surface area contributed by atoms with Gasteiger partial charge in [-0.1, -0.05) is 12.1 Å². The molecule has 1 aromatic carbocycles. The van der Waals surface area contributed by atoms with Crippen LogP contribution in [0.3, 0.4) is 0 Å². The van der Waals surface area contributed by atoms with Crippen LogP contribution in [0.25, 0.3) is 0 Å². The van der Waals surface area contributed by atoms with Gasteiger partial charge in [0.05, 0.1) is 12.8 Å². The predicted molar refractivity (Wildman–Crippen MR) is 65.1 cm³/mol. The molecule has 0 aromatic heterocycles. The summed E-state index contributed by atoms with van der Waals surface area (Å²) < 4.78 is 10.8. The number of anilines is 1. The molecule has 3 heteroatoms. The standard InChI is InChI=1S/C13H19NO2/c1-15-13-7-3-2-6-12(13)14-11-5-4-9-16-10-8-11/h2-3,6-7,11,14H,4-5,8-10H2,1H3. The zero-order chi connectivity index (χ0) is 11.2. The number of hydrogen-bond donors (Lipinski definition) is 1. The average molecular weight is 221 g/mol. The van der Waals surface area contributed by atoms with Gasteiger partial charge < -0.3 is 14.8 Å². The molecule has 1 heterocycles. The third-order valence-corrected chi connectivity index (χ3v) is 2.92. The highest BCUT2D eigenvalue weighted by atomic mass is 16.5.